The normalized spacial score (nSPS) is 16.5. The summed E-state index contributed by atoms with van der Waals surface area (Å²) in [5, 5.41) is 9.30. The van der Waals surface area contributed by atoms with E-state index in [2.05, 4.69) is 0 Å². The lowest BCUT2D eigenvalue weighted by molar-refractivity contribution is -0.150. The third-order valence-corrected chi connectivity index (χ3v) is 3.97. The number of methoxy groups -OCH3 is 1. The Morgan fingerprint density at radius 1 is 1.37 bits per heavy atom. The van der Waals surface area contributed by atoms with Gasteiger partial charge in [0.2, 0.25) is 0 Å². The van der Waals surface area contributed by atoms with E-state index in [0.717, 1.165) is 24.2 Å². The van der Waals surface area contributed by atoms with E-state index in [9.17, 15) is 14.7 Å². The fourth-order valence-electron chi connectivity index (χ4n) is 2.54. The van der Waals surface area contributed by atoms with E-state index in [1.165, 1.54) is 0 Å². The molecule has 1 N–H and O–H groups in total. The molecule has 0 amide bonds. The van der Waals surface area contributed by atoms with E-state index in [1.807, 2.05) is 6.92 Å². The Kier molecular flexibility index (Phi) is 3.60. The lowest BCUT2D eigenvalue weighted by Gasteiger charge is -2.36. The van der Waals surface area contributed by atoms with Crippen LogP contribution in [0.2, 0.25) is 0 Å². The zero-order valence-corrected chi connectivity index (χ0v) is 11.2. The van der Waals surface area contributed by atoms with Gasteiger partial charge in [-0.05, 0) is 43.0 Å². The number of aliphatic carboxylic acids is 1. The number of Topliss-reactive ketones (excluding diaryl/α,β-unsaturated/α-hetero) is 1. The standard InChI is InChI=1S/C15H18O4/c1-3-10-9-11(5-6-12(10)19-2)13(16)15(14(17)18)7-4-8-15/h5-6,9H,3-4,7-8H2,1-2H3,(H,17,18). The fraction of sp³-hybridized carbons (Fsp3) is 0.467. The molecule has 0 radical (unpaired) electrons. The second kappa shape index (κ2) is 5.03. The minimum atomic E-state index is -1.19. The molecule has 0 unspecified atom stereocenters. The van der Waals surface area contributed by atoms with Crippen molar-refractivity contribution in [2.24, 2.45) is 5.41 Å². The average Bonchev–Trinajstić information content (AvgIpc) is 2.35. The Balaban J connectivity index is 2.36. The largest absolute Gasteiger partial charge is 0.496 e. The lowest BCUT2D eigenvalue weighted by atomic mass is 9.64. The van der Waals surface area contributed by atoms with Crippen molar-refractivity contribution in [2.45, 2.75) is 32.6 Å². The minimum absolute atomic E-state index is 0.274. The first-order chi connectivity index (χ1) is 9.05. The number of ether oxygens (including phenoxy) is 1. The van der Waals surface area contributed by atoms with Crippen molar-refractivity contribution in [1.82, 2.24) is 0 Å². The molecule has 1 fully saturated rings. The van der Waals surface area contributed by atoms with Crippen LogP contribution in [-0.2, 0) is 11.2 Å². The van der Waals surface area contributed by atoms with Crippen molar-refractivity contribution in [3.8, 4) is 5.75 Å². The van der Waals surface area contributed by atoms with Crippen LogP contribution in [0.3, 0.4) is 0 Å². The minimum Gasteiger partial charge on any atom is -0.496 e. The molecule has 1 aliphatic rings. The predicted octanol–water partition coefficient (Wildman–Crippen LogP) is 2.70. The summed E-state index contributed by atoms with van der Waals surface area (Å²) in [6, 6.07) is 5.15. The smallest absolute Gasteiger partial charge is 0.317 e. The van der Waals surface area contributed by atoms with Gasteiger partial charge in [0.25, 0.3) is 0 Å². The molecule has 0 aliphatic heterocycles. The Labute approximate surface area is 112 Å². The van der Waals surface area contributed by atoms with Crippen molar-refractivity contribution in [2.75, 3.05) is 7.11 Å². The van der Waals surface area contributed by atoms with Gasteiger partial charge in [0.05, 0.1) is 7.11 Å². The van der Waals surface area contributed by atoms with Gasteiger partial charge in [-0.3, -0.25) is 9.59 Å². The molecule has 1 saturated carbocycles. The van der Waals surface area contributed by atoms with Gasteiger partial charge in [-0.15, -0.1) is 0 Å². The van der Waals surface area contributed by atoms with Gasteiger partial charge in [0.15, 0.2) is 5.78 Å². The maximum atomic E-state index is 12.4. The van der Waals surface area contributed by atoms with Crippen LogP contribution in [0, 0.1) is 5.41 Å². The van der Waals surface area contributed by atoms with Crippen LogP contribution in [-0.4, -0.2) is 24.0 Å². The van der Waals surface area contributed by atoms with Crippen molar-refractivity contribution in [3.05, 3.63) is 29.3 Å². The van der Waals surface area contributed by atoms with Crippen molar-refractivity contribution < 1.29 is 19.4 Å². The molecular weight excluding hydrogens is 244 g/mol. The predicted molar refractivity (Wildman–Crippen MR) is 70.6 cm³/mol. The average molecular weight is 262 g/mol. The molecule has 1 aromatic carbocycles. The number of carboxylic acids is 1. The Bertz CT molecular complexity index is 515. The molecule has 0 heterocycles. The topological polar surface area (TPSA) is 63.6 Å². The fourth-order valence-corrected chi connectivity index (χ4v) is 2.54. The van der Waals surface area contributed by atoms with Crippen molar-refractivity contribution in [1.29, 1.82) is 0 Å². The van der Waals surface area contributed by atoms with Gasteiger partial charge in [-0.2, -0.15) is 0 Å². The number of carbonyl (C=O) groups is 2. The second-order valence-corrected chi connectivity index (χ2v) is 4.95. The monoisotopic (exact) mass is 262 g/mol. The third-order valence-electron chi connectivity index (χ3n) is 3.97. The highest BCUT2D eigenvalue weighted by Gasteiger charge is 2.51. The first-order valence-electron chi connectivity index (χ1n) is 6.50. The van der Waals surface area contributed by atoms with Gasteiger partial charge in [0, 0.05) is 5.56 Å². The zero-order chi connectivity index (χ0) is 14.0. The highest BCUT2D eigenvalue weighted by molar-refractivity contribution is 6.12. The molecule has 4 heteroatoms. The molecule has 102 valence electrons. The highest BCUT2D eigenvalue weighted by Crippen LogP contribution is 2.44. The molecule has 1 aliphatic carbocycles. The van der Waals surface area contributed by atoms with Gasteiger partial charge in [-0.25, -0.2) is 0 Å². The van der Waals surface area contributed by atoms with Gasteiger partial charge >= 0.3 is 5.97 Å². The molecule has 4 nitrogen and oxygen atoms in total. The number of ketones is 1. The zero-order valence-electron chi connectivity index (χ0n) is 11.2. The maximum Gasteiger partial charge on any atom is 0.317 e. The summed E-state index contributed by atoms with van der Waals surface area (Å²) >= 11 is 0. The summed E-state index contributed by atoms with van der Waals surface area (Å²) in [4.78, 5) is 23.8. The maximum absolute atomic E-state index is 12.4. The Morgan fingerprint density at radius 2 is 2.05 bits per heavy atom. The Morgan fingerprint density at radius 3 is 2.47 bits per heavy atom. The first kappa shape index (κ1) is 13.6. The van der Waals surface area contributed by atoms with Crippen LogP contribution in [0.4, 0.5) is 0 Å². The number of benzene rings is 1. The van der Waals surface area contributed by atoms with E-state index in [-0.39, 0.29) is 5.78 Å². The molecule has 1 aromatic rings. The number of hydrogen-bond donors (Lipinski definition) is 1. The van der Waals surface area contributed by atoms with Crippen LogP contribution in [0.25, 0.3) is 0 Å². The van der Waals surface area contributed by atoms with E-state index in [0.29, 0.717) is 18.4 Å². The third kappa shape index (κ3) is 2.11. The number of aryl methyl sites for hydroxylation is 1. The summed E-state index contributed by atoms with van der Waals surface area (Å²) < 4.78 is 5.22. The molecule has 19 heavy (non-hydrogen) atoms. The molecule has 2 rings (SSSR count). The number of carboxylic acid groups (broad SMARTS) is 1. The Hall–Kier alpha value is -1.84. The molecule has 0 aromatic heterocycles. The van der Waals surface area contributed by atoms with Gasteiger partial charge < -0.3 is 9.84 Å². The molecular formula is C15H18O4. The second-order valence-electron chi connectivity index (χ2n) is 4.95. The van der Waals surface area contributed by atoms with Crippen LogP contribution in [0.5, 0.6) is 5.75 Å². The van der Waals surface area contributed by atoms with Crippen LogP contribution in [0.1, 0.15) is 42.1 Å². The lowest BCUT2D eigenvalue weighted by Crippen LogP contribution is -2.45. The van der Waals surface area contributed by atoms with Gasteiger partial charge in [0.1, 0.15) is 11.2 Å². The SMILES string of the molecule is CCc1cc(C(=O)C2(C(=O)O)CCC2)ccc1OC. The van der Waals surface area contributed by atoms with E-state index in [1.54, 1.807) is 25.3 Å². The molecule has 0 saturated heterocycles. The van der Waals surface area contributed by atoms with Crippen molar-refractivity contribution >= 4 is 11.8 Å². The summed E-state index contributed by atoms with van der Waals surface area (Å²) in [7, 11) is 1.58. The molecule has 0 bridgehead atoms. The highest BCUT2D eigenvalue weighted by atomic mass is 16.5. The van der Waals surface area contributed by atoms with Gasteiger partial charge in [-0.1, -0.05) is 13.3 Å². The quantitative estimate of drug-likeness (QED) is 0.654. The van der Waals surface area contributed by atoms with Crippen LogP contribution >= 0.6 is 0 Å². The van der Waals surface area contributed by atoms with Crippen molar-refractivity contribution in [3.63, 3.8) is 0 Å². The number of hydrogen-bond acceptors (Lipinski definition) is 3. The number of rotatable bonds is 5. The van der Waals surface area contributed by atoms with Crippen LogP contribution < -0.4 is 4.74 Å². The summed E-state index contributed by atoms with van der Waals surface area (Å²) in [6.45, 7) is 1.97. The number of carbonyl (C=O) groups excluding carboxylic acids is 1. The summed E-state index contributed by atoms with van der Waals surface area (Å²) in [5.41, 5.74) is 0.201. The summed E-state index contributed by atoms with van der Waals surface area (Å²) in [6.07, 6.45) is 2.42. The first-order valence-corrected chi connectivity index (χ1v) is 6.50. The van der Waals surface area contributed by atoms with E-state index < -0.39 is 11.4 Å². The summed E-state index contributed by atoms with van der Waals surface area (Å²) in [5.74, 6) is -0.543. The molecule has 0 spiro atoms. The van der Waals surface area contributed by atoms with E-state index >= 15 is 0 Å². The van der Waals surface area contributed by atoms with Crippen LogP contribution in [0.15, 0.2) is 18.2 Å². The van der Waals surface area contributed by atoms with E-state index in [4.69, 9.17) is 4.74 Å². The molecule has 0 atom stereocenters.